The fraction of sp³-hybridized carbons (Fsp3) is 0.750. The zero-order valence-electron chi connectivity index (χ0n) is 14.3. The smallest absolute Gasteiger partial charge is 0.221 e. The van der Waals surface area contributed by atoms with Crippen LogP contribution in [0.5, 0.6) is 5.88 Å². The summed E-state index contributed by atoms with van der Waals surface area (Å²) in [6.45, 7) is 15.4. The van der Waals surface area contributed by atoms with Gasteiger partial charge in [0.1, 0.15) is 18.8 Å². The monoisotopic (exact) mass is 294 g/mol. The van der Waals surface area contributed by atoms with Gasteiger partial charge in [-0.05, 0) is 41.0 Å². The van der Waals surface area contributed by atoms with Gasteiger partial charge in [0.25, 0.3) is 0 Å². The maximum atomic E-state index is 5.86. The molecule has 1 N–H and O–H groups in total. The number of anilines is 1. The maximum absolute atomic E-state index is 5.86. The molecule has 5 nitrogen and oxygen atoms in total. The van der Waals surface area contributed by atoms with Crippen molar-refractivity contribution in [1.82, 2.24) is 14.9 Å². The first-order chi connectivity index (χ1) is 9.97. The van der Waals surface area contributed by atoms with E-state index in [1.54, 1.807) is 6.33 Å². The average molecular weight is 294 g/mol. The number of aromatic nitrogens is 2. The number of hydrogen-bond donors (Lipinski definition) is 1. The van der Waals surface area contributed by atoms with Gasteiger partial charge in [0.15, 0.2) is 0 Å². The van der Waals surface area contributed by atoms with E-state index in [-0.39, 0.29) is 0 Å². The molecule has 0 saturated heterocycles. The molecule has 0 amide bonds. The van der Waals surface area contributed by atoms with E-state index in [1.165, 1.54) is 0 Å². The third-order valence-corrected chi connectivity index (χ3v) is 3.50. The molecular weight excluding hydrogens is 264 g/mol. The quantitative estimate of drug-likeness (QED) is 0.758. The fourth-order valence-corrected chi connectivity index (χ4v) is 2.36. The molecular formula is C16H30N4O. The van der Waals surface area contributed by atoms with Gasteiger partial charge in [0, 0.05) is 25.2 Å². The summed E-state index contributed by atoms with van der Waals surface area (Å²) in [7, 11) is 0. The van der Waals surface area contributed by atoms with Crippen molar-refractivity contribution in [3.8, 4) is 5.88 Å². The lowest BCUT2D eigenvalue weighted by molar-refractivity contribution is 0.140. The first-order valence-corrected chi connectivity index (χ1v) is 7.91. The number of nitrogens with zero attached hydrogens (tertiary/aromatic N) is 3. The highest BCUT2D eigenvalue weighted by molar-refractivity contribution is 5.47. The lowest BCUT2D eigenvalue weighted by Gasteiger charge is -2.30. The Hall–Kier alpha value is -1.36. The molecule has 0 atom stereocenters. The minimum absolute atomic E-state index is 0.516. The molecule has 0 fully saturated rings. The molecule has 0 spiro atoms. The largest absolute Gasteiger partial charge is 0.476 e. The molecule has 0 unspecified atom stereocenters. The van der Waals surface area contributed by atoms with Gasteiger partial charge >= 0.3 is 0 Å². The fourth-order valence-electron chi connectivity index (χ4n) is 2.36. The lowest BCUT2D eigenvalue weighted by Crippen LogP contribution is -2.39. The first-order valence-electron chi connectivity index (χ1n) is 7.91. The molecule has 0 aliphatic heterocycles. The zero-order valence-corrected chi connectivity index (χ0v) is 14.3. The molecule has 0 aliphatic carbocycles. The van der Waals surface area contributed by atoms with E-state index < -0.39 is 0 Å². The second kappa shape index (κ2) is 8.82. The van der Waals surface area contributed by atoms with Crippen LogP contribution >= 0.6 is 0 Å². The van der Waals surface area contributed by atoms with Crippen LogP contribution in [0.4, 0.5) is 5.82 Å². The van der Waals surface area contributed by atoms with Gasteiger partial charge < -0.3 is 10.1 Å². The standard InChI is InChI=1S/C16H30N4O/c1-7-8-17-15-14(6)16(19-11-18-15)21-10-9-20(12(2)3)13(4)5/h11-13H,7-10H2,1-6H3,(H,17,18,19). The first kappa shape index (κ1) is 17.7. The van der Waals surface area contributed by atoms with E-state index in [0.29, 0.717) is 24.6 Å². The molecule has 1 aromatic rings. The molecule has 0 bridgehead atoms. The van der Waals surface area contributed by atoms with Crippen LogP contribution < -0.4 is 10.1 Å². The van der Waals surface area contributed by atoms with Crippen LogP contribution in [0.3, 0.4) is 0 Å². The Bertz CT molecular complexity index is 413. The van der Waals surface area contributed by atoms with Gasteiger partial charge in [-0.2, -0.15) is 0 Å². The highest BCUT2D eigenvalue weighted by Gasteiger charge is 2.14. The third kappa shape index (κ3) is 5.50. The molecule has 1 rings (SSSR count). The van der Waals surface area contributed by atoms with Crippen LogP contribution in [0.25, 0.3) is 0 Å². The summed E-state index contributed by atoms with van der Waals surface area (Å²) in [5.41, 5.74) is 0.978. The summed E-state index contributed by atoms with van der Waals surface area (Å²) in [5, 5.41) is 3.30. The molecule has 21 heavy (non-hydrogen) atoms. The average Bonchev–Trinajstić information content (AvgIpc) is 2.43. The van der Waals surface area contributed by atoms with Gasteiger partial charge in [-0.15, -0.1) is 0 Å². The highest BCUT2D eigenvalue weighted by Crippen LogP contribution is 2.20. The molecule has 5 heteroatoms. The van der Waals surface area contributed by atoms with E-state index in [2.05, 4.69) is 54.8 Å². The molecule has 0 aromatic carbocycles. The van der Waals surface area contributed by atoms with Crippen molar-refractivity contribution >= 4 is 5.82 Å². The summed E-state index contributed by atoms with van der Waals surface area (Å²) in [6.07, 6.45) is 2.63. The molecule has 1 aromatic heterocycles. The van der Waals surface area contributed by atoms with E-state index in [4.69, 9.17) is 4.74 Å². The minimum atomic E-state index is 0.516. The highest BCUT2D eigenvalue weighted by atomic mass is 16.5. The molecule has 0 aliphatic rings. The summed E-state index contributed by atoms with van der Waals surface area (Å²) < 4.78 is 5.86. The van der Waals surface area contributed by atoms with E-state index >= 15 is 0 Å². The summed E-state index contributed by atoms with van der Waals surface area (Å²) in [6, 6.07) is 1.03. The molecule has 0 saturated carbocycles. The molecule has 1 heterocycles. The van der Waals surface area contributed by atoms with Crippen molar-refractivity contribution in [1.29, 1.82) is 0 Å². The normalized spacial score (nSPS) is 11.5. The number of hydrogen-bond acceptors (Lipinski definition) is 5. The van der Waals surface area contributed by atoms with Gasteiger partial charge in [-0.3, -0.25) is 4.90 Å². The van der Waals surface area contributed by atoms with Crippen LogP contribution in [-0.4, -0.2) is 46.6 Å². The molecule has 0 radical (unpaired) electrons. The van der Waals surface area contributed by atoms with Crippen LogP contribution in [0.15, 0.2) is 6.33 Å². The van der Waals surface area contributed by atoms with Gasteiger partial charge in [-0.25, -0.2) is 9.97 Å². The second-order valence-corrected chi connectivity index (χ2v) is 5.85. The summed E-state index contributed by atoms with van der Waals surface area (Å²) >= 11 is 0. The van der Waals surface area contributed by atoms with Crippen LogP contribution in [0.1, 0.15) is 46.6 Å². The van der Waals surface area contributed by atoms with Crippen LogP contribution in [0.2, 0.25) is 0 Å². The van der Waals surface area contributed by atoms with Crippen molar-refractivity contribution in [2.45, 2.75) is 60.0 Å². The van der Waals surface area contributed by atoms with E-state index in [9.17, 15) is 0 Å². The predicted molar refractivity (Wildman–Crippen MR) is 88.0 cm³/mol. The van der Waals surface area contributed by atoms with Crippen LogP contribution in [0, 0.1) is 6.92 Å². The number of ether oxygens (including phenoxy) is 1. The van der Waals surface area contributed by atoms with Crippen molar-refractivity contribution in [2.24, 2.45) is 0 Å². The Balaban J connectivity index is 2.59. The van der Waals surface area contributed by atoms with Gasteiger partial charge in [-0.1, -0.05) is 6.92 Å². The Kier molecular flexibility index (Phi) is 7.43. The lowest BCUT2D eigenvalue weighted by atomic mass is 10.2. The SMILES string of the molecule is CCCNc1ncnc(OCCN(C(C)C)C(C)C)c1C. The van der Waals surface area contributed by atoms with Crippen molar-refractivity contribution in [3.05, 3.63) is 11.9 Å². The number of nitrogens with one attached hydrogen (secondary N) is 1. The van der Waals surface area contributed by atoms with Crippen molar-refractivity contribution in [3.63, 3.8) is 0 Å². The Labute approximate surface area is 129 Å². The minimum Gasteiger partial charge on any atom is -0.476 e. The van der Waals surface area contributed by atoms with E-state index in [0.717, 1.165) is 30.9 Å². The Morgan fingerprint density at radius 1 is 1.19 bits per heavy atom. The molecule has 120 valence electrons. The van der Waals surface area contributed by atoms with Crippen molar-refractivity contribution < 1.29 is 4.74 Å². The van der Waals surface area contributed by atoms with Gasteiger partial charge in [0.05, 0.1) is 5.56 Å². The van der Waals surface area contributed by atoms with Gasteiger partial charge in [0.2, 0.25) is 5.88 Å². The summed E-state index contributed by atoms with van der Waals surface area (Å²) in [4.78, 5) is 10.9. The van der Waals surface area contributed by atoms with Crippen molar-refractivity contribution in [2.75, 3.05) is 25.0 Å². The Morgan fingerprint density at radius 3 is 2.43 bits per heavy atom. The maximum Gasteiger partial charge on any atom is 0.221 e. The van der Waals surface area contributed by atoms with E-state index in [1.807, 2.05) is 6.92 Å². The second-order valence-electron chi connectivity index (χ2n) is 5.85. The Morgan fingerprint density at radius 2 is 1.86 bits per heavy atom. The number of rotatable bonds is 9. The van der Waals surface area contributed by atoms with Crippen LogP contribution in [-0.2, 0) is 0 Å². The summed E-state index contributed by atoms with van der Waals surface area (Å²) in [5.74, 6) is 1.54. The topological polar surface area (TPSA) is 50.3 Å². The zero-order chi connectivity index (χ0) is 15.8. The third-order valence-electron chi connectivity index (χ3n) is 3.50. The predicted octanol–water partition coefficient (Wildman–Crippen LogP) is 3.10.